The van der Waals surface area contributed by atoms with Crippen molar-refractivity contribution in [1.29, 1.82) is 0 Å². The first-order valence-corrected chi connectivity index (χ1v) is 6.87. The highest BCUT2D eigenvalue weighted by Gasteiger charge is 2.16. The average molecular weight is 219 g/mol. The second-order valence-electron chi connectivity index (χ2n) is 4.00. The predicted molar refractivity (Wildman–Crippen MR) is 60.0 cm³/mol. The van der Waals surface area contributed by atoms with Gasteiger partial charge in [-0.2, -0.15) is 0 Å². The highest BCUT2D eigenvalue weighted by atomic mass is 32.2. The topological polar surface area (TPSA) is 38.3 Å². The zero-order chi connectivity index (χ0) is 10.4. The predicted octanol–water partition coefficient (Wildman–Crippen LogP) is 0.912. The highest BCUT2D eigenvalue weighted by Crippen LogP contribution is 2.08. The van der Waals surface area contributed by atoms with Crippen LogP contribution < -0.4 is 5.32 Å². The van der Waals surface area contributed by atoms with Crippen molar-refractivity contribution in [1.82, 2.24) is 5.32 Å². The Bertz CT molecular complexity index is 175. The fourth-order valence-corrected chi connectivity index (χ4v) is 2.85. The number of nitrogens with one attached hydrogen (secondary N) is 1. The van der Waals surface area contributed by atoms with Crippen molar-refractivity contribution in [2.45, 2.75) is 38.8 Å². The van der Waals surface area contributed by atoms with Crippen molar-refractivity contribution in [3.05, 3.63) is 0 Å². The molecule has 0 unspecified atom stereocenters. The maximum atomic E-state index is 11.1. The van der Waals surface area contributed by atoms with Crippen molar-refractivity contribution in [2.24, 2.45) is 0 Å². The molecule has 4 heteroatoms. The monoisotopic (exact) mass is 219 g/mol. The van der Waals surface area contributed by atoms with Crippen LogP contribution in [0.5, 0.6) is 0 Å². The van der Waals surface area contributed by atoms with E-state index in [2.05, 4.69) is 5.32 Å². The lowest BCUT2D eigenvalue weighted by molar-refractivity contribution is 0.0791. The zero-order valence-electron chi connectivity index (χ0n) is 9.12. The van der Waals surface area contributed by atoms with E-state index in [0.717, 1.165) is 37.5 Å². The van der Waals surface area contributed by atoms with Gasteiger partial charge in [-0.05, 0) is 26.7 Å². The van der Waals surface area contributed by atoms with Crippen molar-refractivity contribution in [3.63, 3.8) is 0 Å². The van der Waals surface area contributed by atoms with E-state index >= 15 is 0 Å². The average Bonchev–Trinajstić information content (AvgIpc) is 2.15. The van der Waals surface area contributed by atoms with Gasteiger partial charge in [-0.25, -0.2) is 0 Å². The van der Waals surface area contributed by atoms with Crippen LogP contribution in [0.15, 0.2) is 0 Å². The van der Waals surface area contributed by atoms with Gasteiger partial charge in [0.15, 0.2) is 0 Å². The van der Waals surface area contributed by atoms with E-state index in [1.54, 1.807) is 0 Å². The third-order valence-corrected chi connectivity index (χ3v) is 3.76. The van der Waals surface area contributed by atoms with Crippen LogP contribution in [0.4, 0.5) is 0 Å². The normalized spacial score (nSPS) is 28.2. The molecule has 3 nitrogen and oxygen atoms in total. The highest BCUT2D eigenvalue weighted by molar-refractivity contribution is 7.85. The number of ether oxygens (including phenoxy) is 1. The fourth-order valence-electron chi connectivity index (χ4n) is 1.56. The molecule has 0 aromatic rings. The molecule has 1 heterocycles. The molecule has 1 rings (SSSR count). The van der Waals surface area contributed by atoms with E-state index in [1.807, 2.05) is 13.8 Å². The lowest BCUT2D eigenvalue weighted by Gasteiger charge is -2.22. The van der Waals surface area contributed by atoms with E-state index in [9.17, 15) is 4.21 Å². The van der Waals surface area contributed by atoms with Gasteiger partial charge in [0.2, 0.25) is 0 Å². The first-order chi connectivity index (χ1) is 6.68. The van der Waals surface area contributed by atoms with Crippen LogP contribution in [0.25, 0.3) is 0 Å². The Morgan fingerprint density at radius 3 is 2.64 bits per heavy atom. The van der Waals surface area contributed by atoms with Crippen molar-refractivity contribution in [2.75, 3.05) is 24.7 Å². The molecule has 0 aliphatic carbocycles. The SMILES string of the molecule is CC(C)OCCNC1CCS(=O)CC1. The second kappa shape index (κ2) is 6.53. The van der Waals surface area contributed by atoms with Gasteiger partial charge in [0, 0.05) is 34.9 Å². The maximum Gasteiger partial charge on any atom is 0.0594 e. The molecule has 1 aliphatic heterocycles. The summed E-state index contributed by atoms with van der Waals surface area (Å²) in [6, 6.07) is 0.559. The molecule has 1 aliphatic rings. The van der Waals surface area contributed by atoms with Gasteiger partial charge < -0.3 is 10.1 Å². The van der Waals surface area contributed by atoms with Gasteiger partial charge in [0.05, 0.1) is 12.7 Å². The number of rotatable bonds is 5. The molecule has 84 valence electrons. The van der Waals surface area contributed by atoms with E-state index in [0.29, 0.717) is 12.1 Å². The lowest BCUT2D eigenvalue weighted by atomic mass is 10.1. The minimum atomic E-state index is -0.547. The molecule has 1 saturated heterocycles. The quantitative estimate of drug-likeness (QED) is 0.699. The van der Waals surface area contributed by atoms with Crippen LogP contribution in [-0.2, 0) is 15.5 Å². The fraction of sp³-hybridized carbons (Fsp3) is 1.00. The molecule has 14 heavy (non-hydrogen) atoms. The van der Waals surface area contributed by atoms with Gasteiger partial charge in [0.1, 0.15) is 0 Å². The first-order valence-electron chi connectivity index (χ1n) is 5.38. The molecule has 0 amide bonds. The summed E-state index contributed by atoms with van der Waals surface area (Å²) in [5.41, 5.74) is 0. The molecule has 0 atom stereocenters. The number of hydrogen-bond donors (Lipinski definition) is 1. The Labute approximate surface area is 89.1 Å². The van der Waals surface area contributed by atoms with Gasteiger partial charge in [0.25, 0.3) is 0 Å². The minimum Gasteiger partial charge on any atom is -0.377 e. The van der Waals surface area contributed by atoms with Crippen LogP contribution in [0.1, 0.15) is 26.7 Å². The summed E-state index contributed by atoms with van der Waals surface area (Å²) in [6.07, 6.45) is 2.42. The van der Waals surface area contributed by atoms with Crippen molar-refractivity contribution in [3.8, 4) is 0 Å². The van der Waals surface area contributed by atoms with Gasteiger partial charge >= 0.3 is 0 Å². The lowest BCUT2D eigenvalue weighted by Crippen LogP contribution is -2.37. The maximum absolute atomic E-state index is 11.1. The Kier molecular flexibility index (Phi) is 5.67. The standard InChI is InChI=1S/C10H21NO2S/c1-9(2)13-6-5-11-10-3-7-14(12)8-4-10/h9-11H,3-8H2,1-2H3. The van der Waals surface area contributed by atoms with E-state index in [1.165, 1.54) is 0 Å². The molecule has 0 bridgehead atoms. The summed E-state index contributed by atoms with van der Waals surface area (Å²) in [4.78, 5) is 0. The smallest absolute Gasteiger partial charge is 0.0594 e. The van der Waals surface area contributed by atoms with Crippen molar-refractivity contribution < 1.29 is 8.95 Å². The van der Waals surface area contributed by atoms with Crippen LogP contribution in [0.3, 0.4) is 0 Å². The zero-order valence-corrected chi connectivity index (χ0v) is 9.94. The molecule has 1 fully saturated rings. The molecule has 0 radical (unpaired) electrons. The molecule has 0 aromatic heterocycles. The van der Waals surface area contributed by atoms with Crippen LogP contribution >= 0.6 is 0 Å². The van der Waals surface area contributed by atoms with Crippen LogP contribution in [0, 0.1) is 0 Å². The first kappa shape index (κ1) is 12.1. The summed E-state index contributed by atoms with van der Waals surface area (Å²) >= 11 is 0. The summed E-state index contributed by atoms with van der Waals surface area (Å²) in [7, 11) is -0.547. The third-order valence-electron chi connectivity index (χ3n) is 2.37. The largest absolute Gasteiger partial charge is 0.377 e. The van der Waals surface area contributed by atoms with Gasteiger partial charge in [-0.3, -0.25) is 4.21 Å². The molecule has 0 aromatic carbocycles. The second-order valence-corrected chi connectivity index (χ2v) is 5.69. The molecule has 0 spiro atoms. The summed E-state index contributed by atoms with van der Waals surface area (Å²) in [6.45, 7) is 5.78. The van der Waals surface area contributed by atoms with Crippen LogP contribution in [0.2, 0.25) is 0 Å². The summed E-state index contributed by atoms with van der Waals surface area (Å²) in [5.74, 6) is 1.73. The molecular weight excluding hydrogens is 198 g/mol. The number of hydrogen-bond acceptors (Lipinski definition) is 3. The molecule has 0 saturated carbocycles. The Hall–Kier alpha value is 0.0700. The third kappa shape index (κ3) is 5.08. The Balaban J connectivity index is 1.99. The van der Waals surface area contributed by atoms with E-state index < -0.39 is 10.8 Å². The minimum absolute atomic E-state index is 0.315. The Morgan fingerprint density at radius 2 is 2.07 bits per heavy atom. The molecular formula is C10H21NO2S. The molecule has 1 N–H and O–H groups in total. The van der Waals surface area contributed by atoms with Gasteiger partial charge in [-0.1, -0.05) is 0 Å². The Morgan fingerprint density at radius 1 is 1.43 bits per heavy atom. The summed E-state index contributed by atoms with van der Waals surface area (Å²) in [5, 5.41) is 3.44. The van der Waals surface area contributed by atoms with E-state index in [-0.39, 0.29) is 0 Å². The van der Waals surface area contributed by atoms with Crippen molar-refractivity contribution >= 4 is 10.8 Å². The van der Waals surface area contributed by atoms with Gasteiger partial charge in [-0.15, -0.1) is 0 Å². The summed E-state index contributed by atoms with van der Waals surface area (Å²) < 4.78 is 16.5. The van der Waals surface area contributed by atoms with Crippen LogP contribution in [-0.4, -0.2) is 41.0 Å². The van der Waals surface area contributed by atoms with E-state index in [4.69, 9.17) is 4.74 Å².